The van der Waals surface area contributed by atoms with Crippen molar-refractivity contribution >= 4 is 11.7 Å². The van der Waals surface area contributed by atoms with E-state index < -0.39 is 29.4 Å². The van der Waals surface area contributed by atoms with E-state index in [1.54, 1.807) is 4.90 Å². The molecule has 12 heteroatoms. The van der Waals surface area contributed by atoms with Crippen LogP contribution in [-0.4, -0.2) is 48.9 Å². The number of nitrogens with zero attached hydrogens (tertiary/aromatic N) is 5. The summed E-state index contributed by atoms with van der Waals surface area (Å²) in [5.74, 6) is -1.75. The molecule has 1 amide bonds. The molecule has 2 aliphatic heterocycles. The third-order valence-corrected chi connectivity index (χ3v) is 6.13. The number of carbonyl (C=O) groups is 1. The summed E-state index contributed by atoms with van der Waals surface area (Å²) in [4.78, 5) is 30.0. The molecule has 2 aromatic heterocycles. The lowest BCUT2D eigenvalue weighted by molar-refractivity contribution is -0.141. The zero-order valence-electron chi connectivity index (χ0n) is 17.4. The smallest absolute Gasteiger partial charge is 0.364 e. The number of carbonyl (C=O) groups excluding carboxylic acids is 1. The first-order valence-electron chi connectivity index (χ1n) is 10.5. The van der Waals surface area contributed by atoms with Crippen molar-refractivity contribution < 1.29 is 26.7 Å². The van der Waals surface area contributed by atoms with Crippen LogP contribution in [0.15, 0.2) is 43.0 Å². The molecule has 4 heterocycles. The summed E-state index contributed by atoms with van der Waals surface area (Å²) in [7, 11) is 0. The van der Waals surface area contributed by atoms with Crippen LogP contribution >= 0.6 is 0 Å². The summed E-state index contributed by atoms with van der Waals surface area (Å²) in [5, 5.41) is 3.08. The quantitative estimate of drug-likeness (QED) is 0.572. The van der Waals surface area contributed by atoms with Crippen molar-refractivity contribution in [1.82, 2.24) is 24.8 Å². The normalized spacial score (nSPS) is 21.7. The fraction of sp³-hybridized carbons (Fsp3) is 0.318. The minimum Gasteiger partial charge on any atom is -0.364 e. The van der Waals surface area contributed by atoms with Gasteiger partial charge in [-0.15, -0.1) is 0 Å². The average molecular weight is 476 g/mol. The Bertz CT molecular complexity index is 1220. The van der Waals surface area contributed by atoms with Crippen molar-refractivity contribution in [3.8, 4) is 11.4 Å². The maximum atomic E-state index is 14.7. The Morgan fingerprint density at radius 2 is 1.76 bits per heavy atom. The number of hydrogen-bond acceptors (Lipinski definition) is 6. The highest BCUT2D eigenvalue weighted by molar-refractivity contribution is 6.01. The summed E-state index contributed by atoms with van der Waals surface area (Å²) < 4.78 is 66.2. The number of rotatable bonds is 4. The van der Waals surface area contributed by atoms with Crippen molar-refractivity contribution in [1.29, 1.82) is 0 Å². The Hall–Kier alpha value is -3.70. The highest BCUT2D eigenvalue weighted by atomic mass is 19.4. The number of aromatic nitrogens is 4. The SMILES string of the molecule is O=C(c1cccc(F)c1-c1ncc(F)cn1)N1C2CCC1C(Nc1cnc(C(F)(F)F)cn1)C2. The van der Waals surface area contributed by atoms with Gasteiger partial charge in [0.05, 0.1) is 48.0 Å². The molecule has 0 spiro atoms. The number of halogens is 5. The van der Waals surface area contributed by atoms with Crippen LogP contribution in [0.1, 0.15) is 35.3 Å². The van der Waals surface area contributed by atoms with Gasteiger partial charge in [0.1, 0.15) is 11.6 Å². The molecule has 7 nitrogen and oxygen atoms in total. The number of alkyl halides is 3. The molecule has 3 atom stereocenters. The average Bonchev–Trinajstić information content (AvgIpc) is 3.37. The predicted octanol–water partition coefficient (Wildman–Crippen LogP) is 4.09. The van der Waals surface area contributed by atoms with Gasteiger partial charge in [0, 0.05) is 6.04 Å². The van der Waals surface area contributed by atoms with Gasteiger partial charge >= 0.3 is 6.18 Å². The Labute approximate surface area is 190 Å². The molecule has 2 aliphatic rings. The van der Waals surface area contributed by atoms with Crippen molar-refractivity contribution in [2.45, 2.75) is 43.6 Å². The van der Waals surface area contributed by atoms with Gasteiger partial charge in [0.15, 0.2) is 17.3 Å². The molecule has 0 aliphatic carbocycles. The molecule has 2 fully saturated rings. The van der Waals surface area contributed by atoms with Crippen LogP contribution in [0.5, 0.6) is 0 Å². The standard InChI is InChI=1S/C22H17F5N6O/c23-11-7-30-20(31-8-11)19-13(2-1-3-14(19)24)21(34)33-12-4-5-16(33)15(6-12)32-18-10-28-17(9-29-18)22(25,26)27/h1-3,7-10,12,15-16H,4-6H2,(H,29,32). The maximum absolute atomic E-state index is 14.7. The zero-order chi connectivity index (χ0) is 24.0. The maximum Gasteiger partial charge on any atom is 0.434 e. The van der Waals surface area contributed by atoms with Crippen LogP contribution in [0, 0.1) is 11.6 Å². The van der Waals surface area contributed by atoms with E-state index in [-0.39, 0.29) is 40.9 Å². The molecular formula is C22H17F5N6O. The summed E-state index contributed by atoms with van der Waals surface area (Å²) in [6.45, 7) is 0. The van der Waals surface area contributed by atoms with Crippen molar-refractivity contribution in [3.63, 3.8) is 0 Å². The molecule has 5 rings (SSSR count). The van der Waals surface area contributed by atoms with E-state index in [0.29, 0.717) is 19.0 Å². The van der Waals surface area contributed by atoms with E-state index >= 15 is 0 Å². The second kappa shape index (κ2) is 8.26. The van der Waals surface area contributed by atoms with Crippen molar-refractivity contribution in [2.75, 3.05) is 5.32 Å². The minimum absolute atomic E-state index is 0.0541. The van der Waals surface area contributed by atoms with E-state index in [0.717, 1.165) is 25.0 Å². The van der Waals surface area contributed by atoms with E-state index in [2.05, 4.69) is 25.3 Å². The third-order valence-electron chi connectivity index (χ3n) is 6.13. The van der Waals surface area contributed by atoms with E-state index in [1.165, 1.54) is 18.2 Å². The molecule has 34 heavy (non-hydrogen) atoms. The van der Waals surface area contributed by atoms with Gasteiger partial charge in [-0.25, -0.2) is 28.7 Å². The van der Waals surface area contributed by atoms with Gasteiger partial charge in [-0.1, -0.05) is 6.07 Å². The topological polar surface area (TPSA) is 83.9 Å². The molecular weight excluding hydrogens is 459 g/mol. The zero-order valence-corrected chi connectivity index (χ0v) is 17.4. The number of nitrogens with one attached hydrogen (secondary N) is 1. The molecule has 2 bridgehead atoms. The Morgan fingerprint density at radius 3 is 2.44 bits per heavy atom. The lowest BCUT2D eigenvalue weighted by atomic mass is 9.95. The van der Waals surface area contributed by atoms with E-state index in [1.807, 2.05) is 0 Å². The van der Waals surface area contributed by atoms with Crippen LogP contribution in [0.25, 0.3) is 11.4 Å². The number of anilines is 1. The molecule has 176 valence electrons. The molecule has 0 radical (unpaired) electrons. The van der Waals surface area contributed by atoms with E-state index in [4.69, 9.17) is 0 Å². The van der Waals surface area contributed by atoms with Gasteiger partial charge in [0.25, 0.3) is 5.91 Å². The molecule has 1 aromatic carbocycles. The second-order valence-corrected chi connectivity index (χ2v) is 8.17. The highest BCUT2D eigenvalue weighted by Gasteiger charge is 2.49. The summed E-state index contributed by atoms with van der Waals surface area (Å²) in [6.07, 6.45) is 0.832. The van der Waals surface area contributed by atoms with Crippen molar-refractivity contribution in [2.24, 2.45) is 0 Å². The molecule has 0 saturated carbocycles. The first-order valence-corrected chi connectivity index (χ1v) is 10.5. The Kier molecular flexibility index (Phi) is 5.37. The largest absolute Gasteiger partial charge is 0.434 e. The Morgan fingerprint density at radius 1 is 1.00 bits per heavy atom. The number of benzene rings is 1. The van der Waals surface area contributed by atoms with Crippen LogP contribution in [0.3, 0.4) is 0 Å². The summed E-state index contributed by atoms with van der Waals surface area (Å²) >= 11 is 0. The fourth-order valence-electron chi connectivity index (χ4n) is 4.71. The summed E-state index contributed by atoms with van der Waals surface area (Å²) in [6, 6.07) is 3.38. The highest BCUT2D eigenvalue weighted by Crippen LogP contribution is 2.41. The fourth-order valence-corrected chi connectivity index (χ4v) is 4.71. The number of hydrogen-bond donors (Lipinski definition) is 1. The van der Waals surface area contributed by atoms with Gasteiger partial charge in [0.2, 0.25) is 0 Å². The molecule has 2 saturated heterocycles. The van der Waals surface area contributed by atoms with Crippen LogP contribution in [0.4, 0.5) is 27.8 Å². The lowest BCUT2D eigenvalue weighted by Gasteiger charge is -2.26. The van der Waals surface area contributed by atoms with Gasteiger partial charge < -0.3 is 10.2 Å². The summed E-state index contributed by atoms with van der Waals surface area (Å²) in [5.41, 5.74) is -1.15. The number of fused-ring (bicyclic) bond motifs is 2. The molecule has 1 N–H and O–H groups in total. The molecule has 3 unspecified atom stereocenters. The van der Waals surface area contributed by atoms with Crippen LogP contribution < -0.4 is 5.32 Å². The minimum atomic E-state index is -4.59. The monoisotopic (exact) mass is 476 g/mol. The van der Waals surface area contributed by atoms with E-state index in [9.17, 15) is 26.7 Å². The van der Waals surface area contributed by atoms with Crippen LogP contribution in [-0.2, 0) is 6.18 Å². The van der Waals surface area contributed by atoms with Crippen LogP contribution in [0.2, 0.25) is 0 Å². The molecule has 3 aromatic rings. The van der Waals surface area contributed by atoms with Gasteiger partial charge in [-0.3, -0.25) is 4.79 Å². The van der Waals surface area contributed by atoms with Crippen molar-refractivity contribution in [3.05, 3.63) is 65.9 Å². The first-order chi connectivity index (χ1) is 16.2. The predicted molar refractivity (Wildman–Crippen MR) is 109 cm³/mol. The van der Waals surface area contributed by atoms with Gasteiger partial charge in [-0.2, -0.15) is 13.2 Å². The first kappa shape index (κ1) is 22.1. The Balaban J connectivity index is 1.39. The number of amides is 1. The second-order valence-electron chi connectivity index (χ2n) is 8.17. The lowest BCUT2D eigenvalue weighted by Crippen LogP contribution is -2.40. The third kappa shape index (κ3) is 3.93. The van der Waals surface area contributed by atoms with Gasteiger partial charge in [-0.05, 0) is 31.4 Å².